The number of rotatable bonds is 5. The van der Waals surface area contributed by atoms with Crippen molar-refractivity contribution in [2.45, 2.75) is 46.5 Å². The number of morpholine rings is 1. The average molecular weight is 227 g/mol. The molecule has 0 bridgehead atoms. The van der Waals surface area contributed by atoms with Gasteiger partial charge in [0.1, 0.15) is 0 Å². The number of carbonyl (C=O) groups excluding carboxylic acids is 1. The number of unbranched alkanes of at least 4 members (excludes halogenated alkanes) is 2. The van der Waals surface area contributed by atoms with Gasteiger partial charge in [0.05, 0.1) is 13.2 Å². The molecule has 0 unspecified atom stereocenters. The van der Waals surface area contributed by atoms with Crippen LogP contribution in [0.5, 0.6) is 0 Å². The molecule has 0 saturated carbocycles. The Morgan fingerprint density at radius 3 is 2.44 bits per heavy atom. The Morgan fingerprint density at radius 1 is 1.25 bits per heavy atom. The third-order valence-corrected chi connectivity index (χ3v) is 3.28. The molecule has 1 saturated heterocycles. The molecule has 0 aromatic heterocycles. The van der Waals surface area contributed by atoms with Gasteiger partial charge >= 0.3 is 0 Å². The highest BCUT2D eigenvalue weighted by atomic mass is 16.5. The first-order valence-electron chi connectivity index (χ1n) is 6.45. The Hall–Kier alpha value is -0.570. The molecular weight excluding hydrogens is 202 g/mol. The molecule has 0 radical (unpaired) electrons. The van der Waals surface area contributed by atoms with Crippen molar-refractivity contribution in [3.8, 4) is 0 Å². The first kappa shape index (κ1) is 13.5. The van der Waals surface area contributed by atoms with Gasteiger partial charge in [-0.15, -0.1) is 0 Å². The van der Waals surface area contributed by atoms with Crippen molar-refractivity contribution in [2.24, 2.45) is 5.41 Å². The van der Waals surface area contributed by atoms with Crippen LogP contribution in [0.2, 0.25) is 0 Å². The summed E-state index contributed by atoms with van der Waals surface area (Å²) in [5.41, 5.74) is -0.202. The lowest BCUT2D eigenvalue weighted by atomic mass is 9.85. The molecule has 1 rings (SSSR count). The van der Waals surface area contributed by atoms with E-state index in [1.54, 1.807) is 0 Å². The minimum Gasteiger partial charge on any atom is -0.378 e. The normalized spacial score (nSPS) is 17.6. The Morgan fingerprint density at radius 2 is 1.88 bits per heavy atom. The molecule has 1 amide bonds. The topological polar surface area (TPSA) is 29.5 Å². The highest BCUT2D eigenvalue weighted by molar-refractivity contribution is 5.82. The van der Waals surface area contributed by atoms with Crippen molar-refractivity contribution < 1.29 is 9.53 Å². The van der Waals surface area contributed by atoms with Gasteiger partial charge in [0.2, 0.25) is 5.91 Å². The van der Waals surface area contributed by atoms with Crippen LogP contribution in [-0.4, -0.2) is 37.1 Å². The van der Waals surface area contributed by atoms with Crippen LogP contribution in [0.25, 0.3) is 0 Å². The second-order valence-electron chi connectivity index (χ2n) is 5.25. The molecule has 1 aliphatic heterocycles. The van der Waals surface area contributed by atoms with Crippen LogP contribution in [0.15, 0.2) is 0 Å². The zero-order valence-electron chi connectivity index (χ0n) is 10.9. The highest BCUT2D eigenvalue weighted by Crippen LogP contribution is 2.26. The van der Waals surface area contributed by atoms with Gasteiger partial charge in [-0.2, -0.15) is 0 Å². The Kier molecular flexibility index (Phi) is 5.26. The molecular formula is C13H25NO2. The van der Waals surface area contributed by atoms with Crippen LogP contribution in [0.3, 0.4) is 0 Å². The molecule has 3 nitrogen and oxygen atoms in total. The zero-order chi connectivity index (χ0) is 12.0. The van der Waals surface area contributed by atoms with E-state index in [4.69, 9.17) is 4.74 Å². The molecule has 0 spiro atoms. The standard InChI is InChI=1S/C13H25NO2/c1-4-5-6-7-13(2,3)12(15)14-8-10-16-11-9-14/h4-11H2,1-3H3. The fraction of sp³-hybridized carbons (Fsp3) is 0.923. The second-order valence-corrected chi connectivity index (χ2v) is 5.25. The summed E-state index contributed by atoms with van der Waals surface area (Å²) in [6.45, 7) is 9.23. The lowest BCUT2D eigenvalue weighted by molar-refractivity contribution is -0.144. The number of ether oxygens (including phenoxy) is 1. The third-order valence-electron chi connectivity index (χ3n) is 3.28. The zero-order valence-corrected chi connectivity index (χ0v) is 10.9. The summed E-state index contributed by atoms with van der Waals surface area (Å²) in [5, 5.41) is 0. The molecule has 0 aliphatic carbocycles. The lowest BCUT2D eigenvalue weighted by Gasteiger charge is -2.34. The highest BCUT2D eigenvalue weighted by Gasteiger charge is 2.31. The van der Waals surface area contributed by atoms with Crippen LogP contribution in [0.4, 0.5) is 0 Å². The molecule has 94 valence electrons. The summed E-state index contributed by atoms with van der Waals surface area (Å²) in [6, 6.07) is 0. The number of hydrogen-bond donors (Lipinski definition) is 0. The smallest absolute Gasteiger partial charge is 0.228 e. The summed E-state index contributed by atoms with van der Waals surface area (Å²) in [6.07, 6.45) is 4.58. The maximum Gasteiger partial charge on any atom is 0.228 e. The van der Waals surface area contributed by atoms with Gasteiger partial charge in [-0.05, 0) is 6.42 Å². The minimum absolute atomic E-state index is 0.202. The van der Waals surface area contributed by atoms with Gasteiger partial charge in [-0.25, -0.2) is 0 Å². The van der Waals surface area contributed by atoms with E-state index in [1.807, 2.05) is 4.90 Å². The van der Waals surface area contributed by atoms with Crippen molar-refractivity contribution in [3.63, 3.8) is 0 Å². The molecule has 0 aromatic rings. The van der Waals surface area contributed by atoms with E-state index in [0.717, 1.165) is 25.9 Å². The van der Waals surface area contributed by atoms with Gasteiger partial charge in [-0.1, -0.05) is 40.0 Å². The lowest BCUT2D eigenvalue weighted by Crippen LogP contribution is -2.46. The van der Waals surface area contributed by atoms with Gasteiger partial charge in [0.25, 0.3) is 0 Å². The summed E-state index contributed by atoms with van der Waals surface area (Å²) >= 11 is 0. The third kappa shape index (κ3) is 3.78. The van der Waals surface area contributed by atoms with Gasteiger partial charge in [0.15, 0.2) is 0 Å². The van der Waals surface area contributed by atoms with Crippen molar-refractivity contribution >= 4 is 5.91 Å². The fourth-order valence-corrected chi connectivity index (χ4v) is 2.12. The largest absolute Gasteiger partial charge is 0.378 e. The molecule has 1 aliphatic rings. The van der Waals surface area contributed by atoms with E-state index in [-0.39, 0.29) is 5.41 Å². The summed E-state index contributed by atoms with van der Waals surface area (Å²) in [4.78, 5) is 14.2. The summed E-state index contributed by atoms with van der Waals surface area (Å²) < 4.78 is 5.27. The number of hydrogen-bond acceptors (Lipinski definition) is 2. The van der Waals surface area contributed by atoms with Crippen molar-refractivity contribution in [3.05, 3.63) is 0 Å². The number of nitrogens with zero attached hydrogens (tertiary/aromatic N) is 1. The Bertz CT molecular complexity index is 220. The molecule has 0 N–H and O–H groups in total. The monoisotopic (exact) mass is 227 g/mol. The maximum absolute atomic E-state index is 12.3. The Balaban J connectivity index is 2.42. The van der Waals surface area contributed by atoms with Crippen molar-refractivity contribution in [2.75, 3.05) is 26.3 Å². The Labute approximate surface area is 99.1 Å². The number of carbonyl (C=O) groups is 1. The number of amides is 1. The molecule has 0 aromatic carbocycles. The van der Waals surface area contributed by atoms with Crippen LogP contribution in [0.1, 0.15) is 46.5 Å². The maximum atomic E-state index is 12.3. The van der Waals surface area contributed by atoms with Crippen molar-refractivity contribution in [1.29, 1.82) is 0 Å². The van der Waals surface area contributed by atoms with E-state index in [2.05, 4.69) is 20.8 Å². The van der Waals surface area contributed by atoms with Gasteiger partial charge in [0, 0.05) is 18.5 Å². The fourth-order valence-electron chi connectivity index (χ4n) is 2.12. The van der Waals surface area contributed by atoms with Crippen molar-refractivity contribution in [1.82, 2.24) is 4.90 Å². The van der Waals surface area contributed by atoms with Crippen LogP contribution >= 0.6 is 0 Å². The SMILES string of the molecule is CCCCCC(C)(C)C(=O)N1CCOCC1. The van der Waals surface area contributed by atoms with Crippen LogP contribution < -0.4 is 0 Å². The predicted octanol–water partition coefficient (Wildman–Crippen LogP) is 2.45. The van der Waals surface area contributed by atoms with Crippen LogP contribution in [0, 0.1) is 5.41 Å². The molecule has 1 fully saturated rings. The average Bonchev–Trinajstić information content (AvgIpc) is 2.29. The summed E-state index contributed by atoms with van der Waals surface area (Å²) in [5.74, 6) is 0.298. The molecule has 0 atom stereocenters. The van der Waals surface area contributed by atoms with E-state index in [9.17, 15) is 4.79 Å². The first-order valence-corrected chi connectivity index (χ1v) is 6.45. The van der Waals surface area contributed by atoms with E-state index < -0.39 is 0 Å². The van der Waals surface area contributed by atoms with E-state index in [0.29, 0.717) is 19.1 Å². The first-order chi connectivity index (χ1) is 7.58. The van der Waals surface area contributed by atoms with Gasteiger partial charge in [-0.3, -0.25) is 4.79 Å². The quantitative estimate of drug-likeness (QED) is 0.675. The minimum atomic E-state index is -0.202. The molecule has 16 heavy (non-hydrogen) atoms. The van der Waals surface area contributed by atoms with Crippen LogP contribution in [-0.2, 0) is 9.53 Å². The van der Waals surface area contributed by atoms with E-state index in [1.165, 1.54) is 12.8 Å². The predicted molar refractivity (Wildman–Crippen MR) is 65.3 cm³/mol. The molecule has 1 heterocycles. The second kappa shape index (κ2) is 6.24. The summed E-state index contributed by atoms with van der Waals surface area (Å²) in [7, 11) is 0. The molecule has 3 heteroatoms. The van der Waals surface area contributed by atoms with Gasteiger partial charge < -0.3 is 9.64 Å². The van der Waals surface area contributed by atoms with E-state index >= 15 is 0 Å².